The summed E-state index contributed by atoms with van der Waals surface area (Å²) < 4.78 is 1.33. The number of nitrogens with one attached hydrogen (secondary N) is 2. The van der Waals surface area contributed by atoms with Crippen LogP contribution in [0.5, 0.6) is 0 Å². The Hall–Kier alpha value is -2.45. The Morgan fingerprint density at radius 3 is 3.25 bits per heavy atom. The van der Waals surface area contributed by atoms with Crippen LogP contribution < -0.4 is 11.0 Å². The van der Waals surface area contributed by atoms with E-state index in [2.05, 4.69) is 31.9 Å². The molecule has 0 aromatic carbocycles. The molecule has 0 bridgehead atoms. The molecule has 4 rings (SSSR count). The topological polar surface area (TPSA) is 82.5 Å². The quantitative estimate of drug-likeness (QED) is 0.736. The standard InChI is InChI=1S/C16H17N5O2S/c22-15(12-2-1-6-21-14(12)18-19-16(21)23)17-5-8-20-7-3-13-11(10-20)4-9-24-13/h1-2,4,6,9H,3,5,7-8,10H2,(H,17,22)(H,19,23). The van der Waals surface area contributed by atoms with Crippen LogP contribution in [-0.2, 0) is 13.0 Å². The van der Waals surface area contributed by atoms with Crippen LogP contribution in [0, 0.1) is 0 Å². The van der Waals surface area contributed by atoms with Crippen LogP contribution >= 0.6 is 11.3 Å². The zero-order valence-corrected chi connectivity index (χ0v) is 13.8. The predicted octanol–water partition coefficient (Wildman–Crippen LogP) is 0.872. The third-order valence-electron chi connectivity index (χ3n) is 4.29. The van der Waals surface area contributed by atoms with Gasteiger partial charge in [0.15, 0.2) is 5.65 Å². The van der Waals surface area contributed by atoms with Crippen LogP contribution in [0.1, 0.15) is 20.8 Å². The molecule has 0 aliphatic carbocycles. The highest BCUT2D eigenvalue weighted by Gasteiger charge is 2.17. The van der Waals surface area contributed by atoms with Crippen molar-refractivity contribution in [1.29, 1.82) is 0 Å². The molecule has 3 aromatic heterocycles. The van der Waals surface area contributed by atoms with Gasteiger partial charge >= 0.3 is 5.69 Å². The summed E-state index contributed by atoms with van der Waals surface area (Å²) in [6.07, 6.45) is 2.67. The molecule has 7 nitrogen and oxygen atoms in total. The first-order valence-electron chi connectivity index (χ1n) is 7.84. The van der Waals surface area contributed by atoms with Gasteiger partial charge in [-0.15, -0.1) is 11.3 Å². The maximum atomic E-state index is 12.4. The lowest BCUT2D eigenvalue weighted by atomic mass is 10.1. The summed E-state index contributed by atoms with van der Waals surface area (Å²) in [7, 11) is 0. The second kappa shape index (κ2) is 6.21. The Balaban J connectivity index is 1.38. The number of aromatic amines is 1. The molecule has 0 saturated heterocycles. The fourth-order valence-corrected chi connectivity index (χ4v) is 3.92. The molecular formula is C16H17N5O2S. The highest BCUT2D eigenvalue weighted by Crippen LogP contribution is 2.23. The number of carbonyl (C=O) groups is 1. The molecule has 24 heavy (non-hydrogen) atoms. The number of amides is 1. The van der Waals surface area contributed by atoms with Gasteiger partial charge in [0, 0.05) is 37.3 Å². The summed E-state index contributed by atoms with van der Waals surface area (Å²) in [6, 6.07) is 5.52. The van der Waals surface area contributed by atoms with E-state index in [1.54, 1.807) is 18.3 Å². The van der Waals surface area contributed by atoms with Gasteiger partial charge in [-0.1, -0.05) is 0 Å². The molecule has 3 aromatic rings. The number of carbonyl (C=O) groups excluding carboxylic acids is 1. The van der Waals surface area contributed by atoms with E-state index in [1.807, 2.05) is 11.3 Å². The van der Waals surface area contributed by atoms with Gasteiger partial charge in [0.2, 0.25) is 0 Å². The van der Waals surface area contributed by atoms with Gasteiger partial charge in [0.25, 0.3) is 5.91 Å². The Morgan fingerprint density at radius 1 is 1.42 bits per heavy atom. The molecule has 0 unspecified atom stereocenters. The first-order chi connectivity index (χ1) is 11.7. The van der Waals surface area contributed by atoms with Crippen LogP contribution in [0.3, 0.4) is 0 Å². The highest BCUT2D eigenvalue weighted by atomic mass is 32.1. The molecule has 0 saturated carbocycles. The Morgan fingerprint density at radius 2 is 2.33 bits per heavy atom. The molecule has 1 aliphatic rings. The summed E-state index contributed by atoms with van der Waals surface area (Å²) in [5.74, 6) is -0.215. The Kier molecular flexibility index (Phi) is 3.91. The number of rotatable bonds is 4. The first kappa shape index (κ1) is 15.1. The minimum Gasteiger partial charge on any atom is -0.351 e. The van der Waals surface area contributed by atoms with E-state index in [9.17, 15) is 9.59 Å². The zero-order chi connectivity index (χ0) is 16.5. The molecule has 8 heteroatoms. The van der Waals surface area contributed by atoms with Crippen LogP contribution in [0.25, 0.3) is 5.65 Å². The molecule has 124 valence electrons. The fourth-order valence-electron chi connectivity index (χ4n) is 3.03. The highest BCUT2D eigenvalue weighted by molar-refractivity contribution is 7.10. The van der Waals surface area contributed by atoms with Crippen molar-refractivity contribution < 1.29 is 4.79 Å². The minimum absolute atomic E-state index is 0.215. The van der Waals surface area contributed by atoms with E-state index in [0.29, 0.717) is 17.8 Å². The Labute approximate surface area is 141 Å². The largest absolute Gasteiger partial charge is 0.351 e. The molecule has 1 amide bonds. The van der Waals surface area contributed by atoms with Crippen LogP contribution in [0.15, 0.2) is 34.6 Å². The number of fused-ring (bicyclic) bond motifs is 2. The SMILES string of the molecule is O=C(NCCN1CCc2sccc2C1)c1cccn2c(=O)[nH]nc12. The smallest absolute Gasteiger partial charge is 0.347 e. The van der Waals surface area contributed by atoms with Gasteiger partial charge in [-0.05, 0) is 35.6 Å². The molecule has 1 aliphatic heterocycles. The van der Waals surface area contributed by atoms with Crippen molar-refractivity contribution in [3.05, 3.63) is 56.3 Å². The number of nitrogens with zero attached hydrogens (tertiary/aromatic N) is 3. The van der Waals surface area contributed by atoms with Gasteiger partial charge in [0.1, 0.15) is 0 Å². The van der Waals surface area contributed by atoms with Crippen LogP contribution in [-0.4, -0.2) is 45.0 Å². The maximum Gasteiger partial charge on any atom is 0.347 e. The van der Waals surface area contributed by atoms with Crippen LogP contribution in [0.2, 0.25) is 0 Å². The lowest BCUT2D eigenvalue weighted by Gasteiger charge is -2.26. The van der Waals surface area contributed by atoms with E-state index in [1.165, 1.54) is 14.8 Å². The van der Waals surface area contributed by atoms with Crippen LogP contribution in [0.4, 0.5) is 0 Å². The van der Waals surface area contributed by atoms with Gasteiger partial charge < -0.3 is 5.32 Å². The summed E-state index contributed by atoms with van der Waals surface area (Å²) in [5, 5.41) is 11.3. The van der Waals surface area contributed by atoms with Gasteiger partial charge in [-0.25, -0.2) is 14.3 Å². The van der Waals surface area contributed by atoms with E-state index >= 15 is 0 Å². The number of hydrogen-bond donors (Lipinski definition) is 2. The van der Waals surface area contributed by atoms with E-state index in [4.69, 9.17) is 0 Å². The summed E-state index contributed by atoms with van der Waals surface area (Å²) in [6.45, 7) is 3.33. The van der Waals surface area contributed by atoms with Crippen molar-refractivity contribution in [2.24, 2.45) is 0 Å². The molecule has 2 N–H and O–H groups in total. The fraction of sp³-hybridized carbons (Fsp3) is 0.312. The lowest BCUT2D eigenvalue weighted by molar-refractivity contribution is 0.0948. The van der Waals surface area contributed by atoms with Crippen molar-refractivity contribution in [1.82, 2.24) is 24.8 Å². The first-order valence-corrected chi connectivity index (χ1v) is 8.72. The van der Waals surface area contributed by atoms with E-state index < -0.39 is 0 Å². The van der Waals surface area contributed by atoms with Gasteiger partial charge in [-0.2, -0.15) is 5.10 Å². The summed E-state index contributed by atoms with van der Waals surface area (Å²) >= 11 is 1.82. The van der Waals surface area contributed by atoms with Crippen molar-refractivity contribution >= 4 is 22.9 Å². The number of thiophene rings is 1. The Bertz CT molecular complexity index is 941. The normalized spacial score (nSPS) is 14.7. The van der Waals surface area contributed by atoms with Gasteiger partial charge in [0.05, 0.1) is 5.56 Å². The average Bonchev–Trinajstić information content (AvgIpc) is 3.21. The van der Waals surface area contributed by atoms with Crippen molar-refractivity contribution in [3.8, 4) is 0 Å². The van der Waals surface area contributed by atoms with Crippen molar-refractivity contribution in [2.45, 2.75) is 13.0 Å². The lowest BCUT2D eigenvalue weighted by Crippen LogP contribution is -2.37. The summed E-state index contributed by atoms with van der Waals surface area (Å²) in [5.41, 5.74) is 1.80. The average molecular weight is 343 g/mol. The number of aromatic nitrogens is 3. The maximum absolute atomic E-state index is 12.4. The molecule has 0 radical (unpaired) electrons. The third kappa shape index (κ3) is 2.74. The third-order valence-corrected chi connectivity index (χ3v) is 5.31. The second-order valence-electron chi connectivity index (χ2n) is 5.80. The minimum atomic E-state index is -0.348. The molecule has 0 fully saturated rings. The molecule has 0 spiro atoms. The zero-order valence-electron chi connectivity index (χ0n) is 13.0. The van der Waals surface area contributed by atoms with E-state index in [-0.39, 0.29) is 11.6 Å². The van der Waals surface area contributed by atoms with Crippen molar-refractivity contribution in [2.75, 3.05) is 19.6 Å². The number of hydrogen-bond acceptors (Lipinski definition) is 5. The predicted molar refractivity (Wildman–Crippen MR) is 91.4 cm³/mol. The second-order valence-corrected chi connectivity index (χ2v) is 6.80. The number of pyridine rings is 1. The van der Waals surface area contributed by atoms with E-state index in [0.717, 1.165) is 26.1 Å². The molecular weight excluding hydrogens is 326 g/mol. The number of H-pyrrole nitrogens is 1. The summed E-state index contributed by atoms with van der Waals surface area (Å²) in [4.78, 5) is 27.7. The molecule has 4 heterocycles. The van der Waals surface area contributed by atoms with Gasteiger partial charge in [-0.3, -0.25) is 9.69 Å². The molecule has 0 atom stereocenters. The monoisotopic (exact) mass is 343 g/mol. The van der Waals surface area contributed by atoms with Crippen molar-refractivity contribution in [3.63, 3.8) is 0 Å².